The number of carbonyl (C=O) groups excluding carboxylic acids is 1. The van der Waals surface area contributed by atoms with Crippen LogP contribution in [0.3, 0.4) is 0 Å². The van der Waals surface area contributed by atoms with Crippen molar-refractivity contribution in [3.05, 3.63) is 65.4 Å². The summed E-state index contributed by atoms with van der Waals surface area (Å²) in [6.45, 7) is 2.13. The molecule has 2 aromatic rings. The minimum absolute atomic E-state index is 0.108. The number of allylic oxidation sites excluding steroid dienone is 1. The van der Waals surface area contributed by atoms with E-state index in [2.05, 4.69) is 10.6 Å². The normalized spacial score (nSPS) is 15.7. The maximum Gasteiger partial charge on any atom is 0.338 e. The molecule has 0 saturated heterocycles. The second-order valence-electron chi connectivity index (χ2n) is 6.48. The van der Waals surface area contributed by atoms with Crippen LogP contribution in [0, 0.1) is 0 Å². The van der Waals surface area contributed by atoms with Gasteiger partial charge in [-0.3, -0.25) is 0 Å². The van der Waals surface area contributed by atoms with Crippen molar-refractivity contribution in [2.45, 2.75) is 13.0 Å². The fourth-order valence-corrected chi connectivity index (χ4v) is 3.42. The van der Waals surface area contributed by atoms with Gasteiger partial charge >= 0.3 is 5.97 Å². The highest BCUT2D eigenvalue weighted by Gasteiger charge is 2.33. The first-order valence-corrected chi connectivity index (χ1v) is 9.79. The molecule has 3 rings (SSSR count). The molecule has 0 bridgehead atoms. The number of thiocarbonyl (C=S) groups is 1. The van der Waals surface area contributed by atoms with Gasteiger partial charge in [-0.2, -0.15) is 0 Å². The Kier molecular flexibility index (Phi) is 7.13. The molecule has 0 fully saturated rings. The molecule has 30 heavy (non-hydrogen) atoms. The van der Waals surface area contributed by atoms with Gasteiger partial charge in [-0.1, -0.05) is 18.2 Å². The average molecular weight is 429 g/mol. The van der Waals surface area contributed by atoms with Crippen molar-refractivity contribution in [2.75, 3.05) is 27.4 Å². The maximum absolute atomic E-state index is 12.9. The summed E-state index contributed by atoms with van der Waals surface area (Å²) < 4.78 is 21.9. The van der Waals surface area contributed by atoms with E-state index in [1.54, 1.807) is 33.3 Å². The molecule has 0 aromatic heterocycles. The number of ether oxygens (including phenoxy) is 4. The number of carbonyl (C=O) groups is 1. The minimum Gasteiger partial charge on any atom is -0.497 e. The minimum atomic E-state index is -0.550. The number of esters is 1. The molecular formula is C22H24N2O5S. The number of benzene rings is 2. The lowest BCUT2D eigenvalue weighted by atomic mass is 9.94. The zero-order chi connectivity index (χ0) is 21.5. The molecule has 2 N–H and O–H groups in total. The second-order valence-corrected chi connectivity index (χ2v) is 6.88. The maximum atomic E-state index is 12.9. The van der Waals surface area contributed by atoms with E-state index in [0.717, 1.165) is 0 Å². The second kappa shape index (κ2) is 9.98. The summed E-state index contributed by atoms with van der Waals surface area (Å²) in [7, 11) is 3.15. The van der Waals surface area contributed by atoms with Crippen molar-refractivity contribution in [3.8, 4) is 17.2 Å². The monoisotopic (exact) mass is 428 g/mol. The molecule has 1 atom stereocenters. The molecule has 0 spiro atoms. The lowest BCUT2D eigenvalue weighted by Gasteiger charge is -2.30. The highest BCUT2D eigenvalue weighted by atomic mass is 32.1. The van der Waals surface area contributed by atoms with Crippen molar-refractivity contribution in [3.63, 3.8) is 0 Å². The van der Waals surface area contributed by atoms with Crippen molar-refractivity contribution >= 4 is 23.3 Å². The quantitative estimate of drug-likeness (QED) is 0.377. The van der Waals surface area contributed by atoms with Gasteiger partial charge in [0.1, 0.15) is 30.5 Å². The number of rotatable bonds is 8. The van der Waals surface area contributed by atoms with E-state index in [-0.39, 0.29) is 13.2 Å². The SMILES string of the molecule is COc1ccc(OC)c(C2NC(=S)NC(C)=C2C(=O)OCCOc2ccccc2)c1. The van der Waals surface area contributed by atoms with Crippen molar-refractivity contribution in [2.24, 2.45) is 0 Å². The fraction of sp³-hybridized carbons (Fsp3) is 0.273. The number of hydrogen-bond acceptors (Lipinski definition) is 6. The van der Waals surface area contributed by atoms with Gasteiger partial charge in [0.15, 0.2) is 5.11 Å². The number of methoxy groups -OCH3 is 2. The first-order chi connectivity index (χ1) is 14.5. The molecule has 1 aliphatic rings. The molecule has 2 aromatic carbocycles. The third kappa shape index (κ3) is 5.01. The van der Waals surface area contributed by atoms with Crippen LogP contribution in [0.5, 0.6) is 17.2 Å². The van der Waals surface area contributed by atoms with E-state index in [4.69, 9.17) is 31.2 Å². The molecule has 1 aliphatic heterocycles. The molecule has 7 nitrogen and oxygen atoms in total. The van der Waals surface area contributed by atoms with E-state index in [9.17, 15) is 4.79 Å². The zero-order valence-corrected chi connectivity index (χ0v) is 17.9. The summed E-state index contributed by atoms with van der Waals surface area (Å²) in [6.07, 6.45) is 0. The molecule has 1 unspecified atom stereocenters. The van der Waals surface area contributed by atoms with Crippen molar-refractivity contribution < 1.29 is 23.7 Å². The van der Waals surface area contributed by atoms with E-state index >= 15 is 0 Å². The summed E-state index contributed by atoms with van der Waals surface area (Å²) in [5.74, 6) is 1.48. The van der Waals surface area contributed by atoms with Gasteiger partial charge in [0, 0.05) is 11.3 Å². The summed E-state index contributed by atoms with van der Waals surface area (Å²) in [6, 6.07) is 14.2. The van der Waals surface area contributed by atoms with Crippen molar-refractivity contribution in [1.82, 2.24) is 10.6 Å². The Labute approximate surface area is 181 Å². The summed E-state index contributed by atoms with van der Waals surface area (Å²) in [5.41, 5.74) is 1.74. The van der Waals surface area contributed by atoms with E-state index in [1.807, 2.05) is 36.4 Å². The molecule has 0 amide bonds. The smallest absolute Gasteiger partial charge is 0.338 e. The fourth-order valence-electron chi connectivity index (χ4n) is 3.15. The van der Waals surface area contributed by atoms with Gasteiger partial charge in [-0.15, -0.1) is 0 Å². The summed E-state index contributed by atoms with van der Waals surface area (Å²) in [5, 5.41) is 6.53. The van der Waals surface area contributed by atoms with E-state index in [1.165, 1.54) is 0 Å². The first kappa shape index (κ1) is 21.4. The highest BCUT2D eigenvalue weighted by molar-refractivity contribution is 7.80. The van der Waals surface area contributed by atoms with Crippen LogP contribution in [0.4, 0.5) is 0 Å². The lowest BCUT2D eigenvalue weighted by molar-refractivity contribution is -0.140. The molecule has 0 radical (unpaired) electrons. The summed E-state index contributed by atoms with van der Waals surface area (Å²) >= 11 is 5.30. The highest BCUT2D eigenvalue weighted by Crippen LogP contribution is 2.35. The number of hydrogen-bond donors (Lipinski definition) is 2. The number of nitrogens with one attached hydrogen (secondary N) is 2. The van der Waals surface area contributed by atoms with Gasteiger partial charge in [-0.05, 0) is 49.5 Å². The Morgan fingerprint density at radius 2 is 1.80 bits per heavy atom. The van der Waals surface area contributed by atoms with Gasteiger partial charge in [0.05, 0.1) is 25.8 Å². The predicted octanol–water partition coefficient (Wildman–Crippen LogP) is 3.12. The van der Waals surface area contributed by atoms with Gasteiger partial charge in [-0.25, -0.2) is 4.79 Å². The Bertz CT molecular complexity index is 946. The molecule has 158 valence electrons. The average Bonchev–Trinajstić information content (AvgIpc) is 2.76. The molecule has 0 aliphatic carbocycles. The zero-order valence-electron chi connectivity index (χ0n) is 17.1. The summed E-state index contributed by atoms with van der Waals surface area (Å²) in [4.78, 5) is 12.9. The third-order valence-corrected chi connectivity index (χ3v) is 4.79. The first-order valence-electron chi connectivity index (χ1n) is 9.38. The lowest BCUT2D eigenvalue weighted by Crippen LogP contribution is -2.45. The predicted molar refractivity (Wildman–Crippen MR) is 117 cm³/mol. The van der Waals surface area contributed by atoms with Gasteiger partial charge in [0.2, 0.25) is 0 Å². The van der Waals surface area contributed by atoms with Crippen LogP contribution in [-0.4, -0.2) is 38.5 Å². The molecular weight excluding hydrogens is 404 g/mol. The van der Waals surface area contributed by atoms with E-state index in [0.29, 0.717) is 39.2 Å². The van der Waals surface area contributed by atoms with Crippen LogP contribution >= 0.6 is 12.2 Å². The van der Waals surface area contributed by atoms with Crippen LogP contribution in [0.25, 0.3) is 0 Å². The van der Waals surface area contributed by atoms with Crippen molar-refractivity contribution in [1.29, 1.82) is 0 Å². The molecule has 8 heteroatoms. The van der Waals surface area contributed by atoms with Crippen LogP contribution in [0.1, 0.15) is 18.5 Å². The molecule has 1 heterocycles. The van der Waals surface area contributed by atoms with Crippen LogP contribution in [0.15, 0.2) is 59.8 Å². The van der Waals surface area contributed by atoms with Crippen LogP contribution < -0.4 is 24.8 Å². The Hall–Kier alpha value is -3.26. The van der Waals surface area contributed by atoms with Crippen LogP contribution in [-0.2, 0) is 9.53 Å². The Balaban J connectivity index is 1.77. The largest absolute Gasteiger partial charge is 0.497 e. The third-order valence-electron chi connectivity index (χ3n) is 4.57. The molecule has 0 saturated carbocycles. The van der Waals surface area contributed by atoms with Gasteiger partial charge < -0.3 is 29.6 Å². The topological polar surface area (TPSA) is 78.1 Å². The standard InChI is InChI=1S/C22H24N2O5S/c1-14-19(21(25)29-12-11-28-15-7-5-4-6-8-15)20(24-22(30)23-14)17-13-16(26-2)9-10-18(17)27-3/h4-10,13,20H,11-12H2,1-3H3,(H2,23,24,30). The number of para-hydroxylation sites is 1. The Morgan fingerprint density at radius 3 is 2.50 bits per heavy atom. The van der Waals surface area contributed by atoms with Crippen LogP contribution in [0.2, 0.25) is 0 Å². The Morgan fingerprint density at radius 1 is 1.03 bits per heavy atom. The van der Waals surface area contributed by atoms with Gasteiger partial charge in [0.25, 0.3) is 0 Å². The van der Waals surface area contributed by atoms with E-state index < -0.39 is 12.0 Å².